The van der Waals surface area contributed by atoms with Crippen LogP contribution in [0, 0.1) is 0 Å². The minimum absolute atomic E-state index is 0.159. The van der Waals surface area contributed by atoms with Gasteiger partial charge in [-0.2, -0.15) is 0 Å². The zero-order valence-electron chi connectivity index (χ0n) is 13.4. The highest BCUT2D eigenvalue weighted by atomic mass is 16.2. The van der Waals surface area contributed by atoms with Crippen LogP contribution in [0.3, 0.4) is 0 Å². The van der Waals surface area contributed by atoms with Gasteiger partial charge >= 0.3 is 0 Å². The number of nitrogens with one attached hydrogen (secondary N) is 1. The van der Waals surface area contributed by atoms with Crippen molar-refractivity contribution in [3.8, 4) is 11.4 Å². The molecule has 1 N–H and O–H groups in total. The molecule has 7 heteroatoms. The maximum atomic E-state index is 12.0. The summed E-state index contributed by atoms with van der Waals surface area (Å²) in [4.78, 5) is 44.5. The van der Waals surface area contributed by atoms with Gasteiger partial charge in [-0.05, 0) is 29.8 Å². The highest BCUT2D eigenvalue weighted by Crippen LogP contribution is 2.14. The fraction of sp³-hybridized carbons (Fsp3) is 0.167. The van der Waals surface area contributed by atoms with Crippen LogP contribution in [-0.2, 0) is 20.8 Å². The smallest absolute Gasteiger partial charge is 0.253 e. The van der Waals surface area contributed by atoms with Crippen molar-refractivity contribution < 1.29 is 14.4 Å². The molecular weight excluding hydrogens is 320 g/mol. The molecule has 0 unspecified atom stereocenters. The lowest BCUT2D eigenvalue weighted by Gasteiger charge is -2.14. The molecule has 126 valence electrons. The molecule has 0 fully saturated rings. The summed E-state index contributed by atoms with van der Waals surface area (Å²) in [5.41, 5.74) is 2.25. The predicted molar refractivity (Wildman–Crippen MR) is 90.0 cm³/mol. The summed E-state index contributed by atoms with van der Waals surface area (Å²) in [6.07, 6.45) is 5.95. The van der Waals surface area contributed by atoms with Gasteiger partial charge in [0.05, 0.1) is 17.8 Å². The SMILES string of the molecule is O=C(Cc1ccnc(-c2ccccn2)c1)NCCN1C(=O)C=CC1=O. The van der Waals surface area contributed by atoms with Crippen molar-refractivity contribution in [3.05, 3.63) is 60.4 Å². The number of imide groups is 1. The van der Waals surface area contributed by atoms with E-state index in [2.05, 4.69) is 15.3 Å². The van der Waals surface area contributed by atoms with Crippen molar-refractivity contribution in [2.45, 2.75) is 6.42 Å². The molecule has 0 radical (unpaired) electrons. The van der Waals surface area contributed by atoms with E-state index in [9.17, 15) is 14.4 Å². The van der Waals surface area contributed by atoms with Gasteiger partial charge in [-0.15, -0.1) is 0 Å². The number of amides is 3. The third-order valence-corrected chi connectivity index (χ3v) is 3.67. The average molecular weight is 336 g/mol. The Hall–Kier alpha value is -3.35. The Morgan fingerprint density at radius 1 is 1.00 bits per heavy atom. The van der Waals surface area contributed by atoms with Gasteiger partial charge in [-0.3, -0.25) is 29.3 Å². The lowest BCUT2D eigenvalue weighted by atomic mass is 10.1. The number of nitrogens with zero attached hydrogens (tertiary/aromatic N) is 3. The first-order valence-electron chi connectivity index (χ1n) is 7.80. The summed E-state index contributed by atoms with van der Waals surface area (Å²) in [6, 6.07) is 9.14. The van der Waals surface area contributed by atoms with E-state index in [1.807, 2.05) is 24.3 Å². The lowest BCUT2D eigenvalue weighted by molar-refractivity contribution is -0.137. The second-order valence-corrected chi connectivity index (χ2v) is 5.45. The number of aromatic nitrogens is 2. The van der Waals surface area contributed by atoms with Crippen LogP contribution in [0.5, 0.6) is 0 Å². The molecule has 0 bridgehead atoms. The molecule has 0 atom stereocenters. The number of hydrogen-bond acceptors (Lipinski definition) is 5. The normalized spacial score (nSPS) is 13.4. The van der Waals surface area contributed by atoms with Crippen LogP contribution in [0.25, 0.3) is 11.4 Å². The molecule has 2 aromatic heterocycles. The third-order valence-electron chi connectivity index (χ3n) is 3.67. The van der Waals surface area contributed by atoms with Crippen LogP contribution < -0.4 is 5.32 Å². The largest absolute Gasteiger partial charge is 0.354 e. The van der Waals surface area contributed by atoms with Crippen LogP contribution in [0.15, 0.2) is 54.9 Å². The van der Waals surface area contributed by atoms with Gasteiger partial charge < -0.3 is 5.32 Å². The molecular formula is C18H16N4O3. The molecule has 0 aromatic carbocycles. The van der Waals surface area contributed by atoms with Crippen LogP contribution >= 0.6 is 0 Å². The molecule has 0 saturated carbocycles. The molecule has 1 aliphatic rings. The second-order valence-electron chi connectivity index (χ2n) is 5.45. The van der Waals surface area contributed by atoms with E-state index < -0.39 is 0 Å². The quantitative estimate of drug-likeness (QED) is 0.785. The Bertz CT molecular complexity index is 815. The van der Waals surface area contributed by atoms with Crippen molar-refractivity contribution in [1.29, 1.82) is 0 Å². The monoisotopic (exact) mass is 336 g/mol. The van der Waals surface area contributed by atoms with E-state index >= 15 is 0 Å². The maximum Gasteiger partial charge on any atom is 0.253 e. The zero-order chi connectivity index (χ0) is 17.6. The third kappa shape index (κ3) is 4.14. The molecule has 0 aliphatic carbocycles. The Balaban J connectivity index is 1.53. The molecule has 3 rings (SSSR count). The van der Waals surface area contributed by atoms with Crippen LogP contribution in [-0.4, -0.2) is 45.7 Å². The summed E-state index contributed by atoms with van der Waals surface area (Å²) >= 11 is 0. The van der Waals surface area contributed by atoms with E-state index in [0.717, 1.165) is 16.2 Å². The fourth-order valence-corrected chi connectivity index (χ4v) is 2.45. The van der Waals surface area contributed by atoms with E-state index in [4.69, 9.17) is 0 Å². The Kier molecular flexibility index (Phi) is 4.94. The van der Waals surface area contributed by atoms with Gasteiger partial charge in [-0.25, -0.2) is 0 Å². The molecule has 2 aromatic rings. The fourth-order valence-electron chi connectivity index (χ4n) is 2.45. The van der Waals surface area contributed by atoms with Gasteiger partial charge in [0.15, 0.2) is 0 Å². The molecule has 0 spiro atoms. The first kappa shape index (κ1) is 16.5. The average Bonchev–Trinajstić information content (AvgIpc) is 2.95. The minimum Gasteiger partial charge on any atom is -0.354 e. The molecule has 1 aliphatic heterocycles. The van der Waals surface area contributed by atoms with Crippen LogP contribution in [0.2, 0.25) is 0 Å². The standard InChI is InChI=1S/C18H16N4O3/c23-16(21-9-10-22-17(24)4-5-18(22)25)12-13-6-8-20-15(11-13)14-3-1-2-7-19-14/h1-8,11H,9-10,12H2,(H,21,23). The van der Waals surface area contributed by atoms with Crippen molar-refractivity contribution >= 4 is 17.7 Å². The van der Waals surface area contributed by atoms with Gasteiger partial charge in [0, 0.05) is 37.6 Å². The zero-order valence-corrected chi connectivity index (χ0v) is 13.4. The predicted octanol–water partition coefficient (Wildman–Crippen LogP) is 0.727. The topological polar surface area (TPSA) is 92.3 Å². The first-order chi connectivity index (χ1) is 12.1. The number of pyridine rings is 2. The van der Waals surface area contributed by atoms with Crippen LogP contribution in [0.1, 0.15) is 5.56 Å². The Morgan fingerprint density at radius 2 is 1.76 bits per heavy atom. The number of rotatable bonds is 6. The van der Waals surface area contributed by atoms with E-state index in [0.29, 0.717) is 5.69 Å². The van der Waals surface area contributed by atoms with Gasteiger partial charge in [-0.1, -0.05) is 6.07 Å². The Morgan fingerprint density at radius 3 is 2.48 bits per heavy atom. The van der Waals surface area contributed by atoms with Crippen LogP contribution in [0.4, 0.5) is 0 Å². The van der Waals surface area contributed by atoms with E-state index in [1.54, 1.807) is 18.5 Å². The first-order valence-corrected chi connectivity index (χ1v) is 7.80. The Labute approximate surface area is 144 Å². The van der Waals surface area contributed by atoms with Crippen molar-refractivity contribution in [1.82, 2.24) is 20.2 Å². The van der Waals surface area contributed by atoms with E-state index in [1.165, 1.54) is 12.2 Å². The summed E-state index contributed by atoms with van der Waals surface area (Å²) in [5.74, 6) is -0.896. The highest BCUT2D eigenvalue weighted by molar-refractivity contribution is 6.12. The van der Waals surface area contributed by atoms with Gasteiger partial charge in [0.25, 0.3) is 11.8 Å². The summed E-state index contributed by atoms with van der Waals surface area (Å²) in [7, 11) is 0. The van der Waals surface area contributed by atoms with Gasteiger partial charge in [0.1, 0.15) is 0 Å². The highest BCUT2D eigenvalue weighted by Gasteiger charge is 2.22. The molecule has 0 saturated heterocycles. The van der Waals surface area contributed by atoms with Gasteiger partial charge in [0.2, 0.25) is 5.91 Å². The van der Waals surface area contributed by atoms with E-state index in [-0.39, 0.29) is 37.2 Å². The lowest BCUT2D eigenvalue weighted by Crippen LogP contribution is -2.38. The van der Waals surface area contributed by atoms with Crippen molar-refractivity contribution in [2.24, 2.45) is 0 Å². The van der Waals surface area contributed by atoms with Crippen molar-refractivity contribution in [2.75, 3.05) is 13.1 Å². The molecule has 3 heterocycles. The molecule has 25 heavy (non-hydrogen) atoms. The number of carbonyl (C=O) groups excluding carboxylic acids is 3. The summed E-state index contributed by atoms with van der Waals surface area (Å²) < 4.78 is 0. The minimum atomic E-state index is -0.353. The van der Waals surface area contributed by atoms with Crippen molar-refractivity contribution in [3.63, 3.8) is 0 Å². The summed E-state index contributed by atoms with van der Waals surface area (Å²) in [5, 5.41) is 2.71. The molecule has 7 nitrogen and oxygen atoms in total. The molecule has 3 amide bonds. The number of carbonyl (C=O) groups is 3. The summed E-state index contributed by atoms with van der Waals surface area (Å²) in [6.45, 7) is 0.377. The maximum absolute atomic E-state index is 12.0. The number of hydrogen-bond donors (Lipinski definition) is 1. The second kappa shape index (κ2) is 7.48.